The summed E-state index contributed by atoms with van der Waals surface area (Å²) in [5, 5.41) is 42.3. The van der Waals surface area contributed by atoms with Crippen LogP contribution in [-0.4, -0.2) is 79.8 Å². The van der Waals surface area contributed by atoms with Crippen molar-refractivity contribution in [3.05, 3.63) is 17.8 Å². The molecule has 2 bridgehead atoms. The SMILES string of the molecule is O=C1Oc2ncc(/C=C/[C@H]3CCNC3)c(n2)OC(=O)C(O)C(O)C(O)C1O. The molecule has 0 amide bonds. The second-order valence-electron chi connectivity index (χ2n) is 6.24. The third-order valence-corrected chi connectivity index (χ3v) is 4.27. The summed E-state index contributed by atoms with van der Waals surface area (Å²) in [5.41, 5.74) is 0.275. The van der Waals surface area contributed by atoms with Crippen molar-refractivity contribution in [3.63, 3.8) is 0 Å². The Morgan fingerprint density at radius 3 is 2.37 bits per heavy atom. The quantitative estimate of drug-likeness (QED) is 0.339. The highest BCUT2D eigenvalue weighted by Crippen LogP contribution is 2.23. The minimum absolute atomic E-state index is 0.269. The largest absolute Gasteiger partial charge is 0.405 e. The molecule has 1 saturated heterocycles. The van der Waals surface area contributed by atoms with Crippen LogP contribution in [0.4, 0.5) is 0 Å². The van der Waals surface area contributed by atoms with Crippen molar-refractivity contribution in [1.82, 2.24) is 15.3 Å². The first-order valence-corrected chi connectivity index (χ1v) is 8.28. The molecule has 11 nitrogen and oxygen atoms in total. The van der Waals surface area contributed by atoms with Crippen LogP contribution in [0.1, 0.15) is 12.0 Å². The van der Waals surface area contributed by atoms with Crippen molar-refractivity contribution in [3.8, 4) is 11.9 Å². The van der Waals surface area contributed by atoms with Crippen molar-refractivity contribution in [2.24, 2.45) is 5.92 Å². The van der Waals surface area contributed by atoms with Crippen LogP contribution in [-0.2, 0) is 9.59 Å². The Hall–Kier alpha value is -2.44. The molecule has 1 aromatic rings. The fourth-order valence-corrected chi connectivity index (χ4v) is 2.64. The summed E-state index contributed by atoms with van der Waals surface area (Å²) in [6.07, 6.45) is -3.17. The summed E-state index contributed by atoms with van der Waals surface area (Å²) in [4.78, 5) is 31.5. The number of hydrogen-bond acceptors (Lipinski definition) is 11. The van der Waals surface area contributed by atoms with E-state index in [1.807, 2.05) is 6.08 Å². The van der Waals surface area contributed by atoms with Crippen molar-refractivity contribution in [2.45, 2.75) is 30.8 Å². The van der Waals surface area contributed by atoms with Gasteiger partial charge in [0.25, 0.3) is 0 Å². The van der Waals surface area contributed by atoms with Gasteiger partial charge < -0.3 is 35.2 Å². The van der Waals surface area contributed by atoms with Gasteiger partial charge in [0.2, 0.25) is 5.88 Å². The maximum Gasteiger partial charge on any atom is 0.345 e. The van der Waals surface area contributed by atoms with Gasteiger partial charge in [-0.1, -0.05) is 12.2 Å². The first-order valence-electron chi connectivity index (χ1n) is 8.28. The van der Waals surface area contributed by atoms with Gasteiger partial charge in [-0.25, -0.2) is 14.6 Å². The summed E-state index contributed by atoms with van der Waals surface area (Å²) < 4.78 is 9.72. The van der Waals surface area contributed by atoms with Gasteiger partial charge in [0.15, 0.2) is 12.2 Å². The molecule has 0 aromatic carbocycles. The monoisotopic (exact) mass is 381 g/mol. The zero-order valence-corrected chi connectivity index (χ0v) is 14.1. The first-order chi connectivity index (χ1) is 12.9. The number of aliphatic hydroxyl groups excluding tert-OH is 4. The van der Waals surface area contributed by atoms with Crippen molar-refractivity contribution >= 4 is 18.0 Å². The molecule has 146 valence electrons. The van der Waals surface area contributed by atoms with Crippen LogP contribution in [0.3, 0.4) is 0 Å². The lowest BCUT2D eigenvalue weighted by Gasteiger charge is -2.23. The molecule has 3 heterocycles. The summed E-state index contributed by atoms with van der Waals surface area (Å²) in [5.74, 6) is -2.73. The highest BCUT2D eigenvalue weighted by atomic mass is 16.6. The number of carbonyl (C=O) groups excluding carboxylic acids is 2. The van der Waals surface area contributed by atoms with E-state index in [1.165, 1.54) is 6.20 Å². The molecule has 0 spiro atoms. The van der Waals surface area contributed by atoms with E-state index in [1.54, 1.807) is 6.08 Å². The number of nitrogens with one attached hydrogen (secondary N) is 1. The number of aromatic nitrogens is 2. The Morgan fingerprint density at radius 2 is 1.74 bits per heavy atom. The molecule has 2 aliphatic rings. The van der Waals surface area contributed by atoms with Crippen molar-refractivity contribution in [1.29, 1.82) is 0 Å². The maximum absolute atomic E-state index is 12.1. The van der Waals surface area contributed by atoms with Gasteiger partial charge in [-0.2, -0.15) is 4.98 Å². The van der Waals surface area contributed by atoms with Gasteiger partial charge in [-0.15, -0.1) is 0 Å². The summed E-state index contributed by atoms with van der Waals surface area (Å²) >= 11 is 0. The number of nitrogens with zero attached hydrogens (tertiary/aromatic N) is 2. The molecule has 2 aliphatic heterocycles. The second-order valence-corrected chi connectivity index (χ2v) is 6.24. The molecule has 0 saturated carbocycles. The molecule has 27 heavy (non-hydrogen) atoms. The molecule has 4 unspecified atom stereocenters. The van der Waals surface area contributed by atoms with Gasteiger partial charge in [-0.05, 0) is 18.9 Å². The lowest BCUT2D eigenvalue weighted by molar-refractivity contribution is -0.169. The molecule has 5 N–H and O–H groups in total. The Morgan fingerprint density at radius 1 is 1.07 bits per heavy atom. The average molecular weight is 381 g/mol. The zero-order valence-electron chi connectivity index (χ0n) is 14.1. The van der Waals surface area contributed by atoms with Crippen LogP contribution in [0.15, 0.2) is 12.3 Å². The van der Waals surface area contributed by atoms with Crippen LogP contribution >= 0.6 is 0 Å². The normalized spacial score (nSPS) is 32.1. The predicted molar refractivity (Wildman–Crippen MR) is 87.3 cm³/mol. The van der Waals surface area contributed by atoms with E-state index in [0.717, 1.165) is 19.5 Å². The number of rotatable bonds is 2. The Kier molecular flexibility index (Phi) is 5.77. The Labute approximate surface area is 153 Å². The molecule has 11 heteroatoms. The fourth-order valence-electron chi connectivity index (χ4n) is 2.64. The minimum Gasteiger partial charge on any atom is -0.405 e. The smallest absolute Gasteiger partial charge is 0.345 e. The summed E-state index contributed by atoms with van der Waals surface area (Å²) in [7, 11) is 0. The third kappa shape index (κ3) is 4.28. The molecular formula is C16H19N3O8. The molecule has 1 fully saturated rings. The van der Waals surface area contributed by atoms with Gasteiger partial charge in [0.05, 0.1) is 5.56 Å². The van der Waals surface area contributed by atoms with E-state index < -0.39 is 42.4 Å². The third-order valence-electron chi connectivity index (χ3n) is 4.27. The van der Waals surface area contributed by atoms with E-state index in [9.17, 15) is 30.0 Å². The van der Waals surface area contributed by atoms with Gasteiger partial charge in [0.1, 0.15) is 12.2 Å². The number of aliphatic hydroxyl groups is 4. The highest BCUT2D eigenvalue weighted by Gasteiger charge is 2.40. The molecule has 3 rings (SSSR count). The average Bonchev–Trinajstić information content (AvgIpc) is 3.17. The lowest BCUT2D eigenvalue weighted by atomic mass is 10.0. The number of fused-ring (bicyclic) bond motifs is 2. The lowest BCUT2D eigenvalue weighted by Crippen LogP contribution is -2.51. The Bertz CT molecular complexity index is 749. The number of ether oxygens (including phenoxy) is 2. The minimum atomic E-state index is -2.23. The first kappa shape index (κ1) is 19.3. The van der Waals surface area contributed by atoms with E-state index in [2.05, 4.69) is 15.3 Å². The second kappa shape index (κ2) is 8.06. The molecule has 0 aliphatic carbocycles. The van der Waals surface area contributed by atoms with Crippen molar-refractivity contribution < 1.29 is 39.5 Å². The van der Waals surface area contributed by atoms with E-state index in [-0.39, 0.29) is 17.4 Å². The van der Waals surface area contributed by atoms with Crippen LogP contribution in [0, 0.1) is 5.92 Å². The molecule has 5 atom stereocenters. The topological polar surface area (TPSA) is 171 Å². The number of carbonyl (C=O) groups is 2. The van der Waals surface area contributed by atoms with E-state index >= 15 is 0 Å². The van der Waals surface area contributed by atoms with Crippen molar-refractivity contribution in [2.75, 3.05) is 13.1 Å². The number of hydrogen-bond donors (Lipinski definition) is 5. The maximum atomic E-state index is 12.1. The standard InChI is InChI=1S/C16H19N3O8/c20-9-10(21)12(23)15(25)27-16-18-6-8(2-1-7-3-4-17-5-7)13(19-16)26-14(24)11(9)22/h1-2,6-7,9-12,17,20-23H,3-5H2/b2-1+/t7-,9?,10?,11?,12?/m0/s1. The Balaban J connectivity index is 1.93. The fraction of sp³-hybridized carbons (Fsp3) is 0.500. The summed E-state index contributed by atoms with van der Waals surface area (Å²) in [6.45, 7) is 1.68. The van der Waals surface area contributed by atoms with Gasteiger partial charge in [0, 0.05) is 12.7 Å². The molecule has 0 radical (unpaired) electrons. The molecule has 1 aromatic heterocycles. The van der Waals surface area contributed by atoms with Gasteiger partial charge in [-0.3, -0.25) is 0 Å². The predicted octanol–water partition coefficient (Wildman–Crippen LogP) is -2.63. The van der Waals surface area contributed by atoms with Crippen LogP contribution in [0.5, 0.6) is 11.9 Å². The molecular weight excluding hydrogens is 362 g/mol. The van der Waals surface area contributed by atoms with E-state index in [0.29, 0.717) is 0 Å². The van der Waals surface area contributed by atoms with Crippen LogP contribution in [0.2, 0.25) is 0 Å². The summed E-state index contributed by atoms with van der Waals surface area (Å²) in [6, 6.07) is -0.528. The zero-order chi connectivity index (χ0) is 19.6. The van der Waals surface area contributed by atoms with Crippen LogP contribution in [0.25, 0.3) is 6.08 Å². The number of esters is 2. The van der Waals surface area contributed by atoms with E-state index in [4.69, 9.17) is 9.47 Å². The van der Waals surface area contributed by atoms with Crippen LogP contribution < -0.4 is 14.8 Å². The highest BCUT2D eigenvalue weighted by molar-refractivity contribution is 5.80. The van der Waals surface area contributed by atoms with Gasteiger partial charge >= 0.3 is 17.9 Å².